The molecule has 0 amide bonds. The molecule has 0 bridgehead atoms. The molecule has 3 fully saturated rings. The first-order chi connectivity index (χ1) is 40.2. The van der Waals surface area contributed by atoms with Crippen molar-refractivity contribution >= 4 is 104 Å². The van der Waals surface area contributed by atoms with Crippen LogP contribution in [0.3, 0.4) is 0 Å². The predicted octanol–water partition coefficient (Wildman–Crippen LogP) is 0.247. The van der Waals surface area contributed by atoms with Crippen LogP contribution in [0.5, 0.6) is 0 Å². The Kier molecular flexibility index (Phi) is 37.2. The van der Waals surface area contributed by atoms with E-state index in [-0.39, 0.29) is 91.7 Å². The van der Waals surface area contributed by atoms with Crippen LogP contribution in [0.1, 0.15) is 71.0 Å². The van der Waals surface area contributed by atoms with Crippen molar-refractivity contribution in [3.63, 3.8) is 0 Å². The molecule has 0 radical (unpaired) electrons. The van der Waals surface area contributed by atoms with Crippen molar-refractivity contribution in [3.8, 4) is 0 Å². The summed E-state index contributed by atoms with van der Waals surface area (Å²) < 4.78 is 17.3. The zero-order valence-electron chi connectivity index (χ0n) is 47.0. The SMILES string of the molecule is CCCSc1nc(Cl)c(N)c(C[C@@H]2C[C@H](OCCO)[C@@H](O)[C@H]2O)n1.CCCSc1nc(Cl)c(N)c(Cl)n1.CCCSc1nc(Cl)c2nnn([C@@H]3C[C@H](OCCO)[C@@H](O)[C@H]3O)c2n1.N[C@@H]1C[C@H](OCCO)[C@@H](O)[C@H]1O.OCCN(CCO)CCO. The van der Waals surface area contributed by atoms with Gasteiger partial charge in [-0.05, 0) is 44.4 Å². The first kappa shape index (κ1) is 76.0. The smallest absolute Gasteiger partial charge is 0.191 e. The van der Waals surface area contributed by atoms with Crippen LogP contribution in [-0.2, 0) is 20.6 Å². The van der Waals surface area contributed by atoms with Gasteiger partial charge in [0.05, 0.1) is 107 Å². The number of fused-ring (bicyclic) bond motifs is 1. The summed E-state index contributed by atoms with van der Waals surface area (Å²) in [4.78, 5) is 27.0. The molecular weight excluding hydrogens is 1250 g/mol. The van der Waals surface area contributed by atoms with Crippen LogP contribution in [0, 0.1) is 5.92 Å². The van der Waals surface area contributed by atoms with Crippen molar-refractivity contribution in [3.05, 3.63) is 26.3 Å². The Morgan fingerprint density at radius 1 is 0.524 bits per heavy atom. The van der Waals surface area contributed by atoms with Crippen molar-refractivity contribution in [2.24, 2.45) is 11.7 Å². The highest BCUT2D eigenvalue weighted by Gasteiger charge is 2.45. The number of hydrogen-bond acceptors (Lipinski definition) is 30. The molecule has 3 aliphatic carbocycles. The number of halogens is 4. The van der Waals surface area contributed by atoms with Gasteiger partial charge in [0.2, 0.25) is 0 Å². The molecule has 7 rings (SSSR count). The van der Waals surface area contributed by atoms with Gasteiger partial charge in [0.15, 0.2) is 47.2 Å². The maximum Gasteiger partial charge on any atom is 0.191 e. The summed E-state index contributed by atoms with van der Waals surface area (Å²) in [6.07, 6.45) is -2.88. The van der Waals surface area contributed by atoms with Crippen LogP contribution < -0.4 is 17.2 Å². The average molecular weight is 1330 g/mol. The molecule has 12 atom stereocenters. The largest absolute Gasteiger partial charge is 0.395 e. The van der Waals surface area contributed by atoms with Gasteiger partial charge in [-0.15, -0.1) is 5.10 Å². The summed E-state index contributed by atoms with van der Waals surface area (Å²) in [6, 6.07) is -0.984. The third kappa shape index (κ3) is 23.9. The summed E-state index contributed by atoms with van der Waals surface area (Å²) in [7, 11) is 0. The average Bonchev–Trinajstić information content (AvgIpc) is 2.95. The van der Waals surface area contributed by atoms with Crippen LogP contribution >= 0.6 is 81.7 Å². The van der Waals surface area contributed by atoms with Crippen LogP contribution in [-0.4, -0.2) is 268 Å². The predicted molar refractivity (Wildman–Crippen MR) is 321 cm³/mol. The normalized spacial score (nSPS) is 24.5. The zero-order valence-corrected chi connectivity index (χ0v) is 52.5. The van der Waals surface area contributed by atoms with Crippen LogP contribution in [0.2, 0.25) is 20.6 Å². The number of ether oxygens (including phenoxy) is 3. The van der Waals surface area contributed by atoms with Crippen molar-refractivity contribution in [1.29, 1.82) is 0 Å². The third-order valence-corrected chi connectivity index (χ3v) is 17.0. The minimum Gasteiger partial charge on any atom is -0.395 e. The third-order valence-electron chi connectivity index (χ3n) is 12.7. The molecule has 3 aliphatic rings. The first-order valence-corrected chi connectivity index (χ1v) is 31.7. The van der Waals surface area contributed by atoms with Gasteiger partial charge in [-0.25, -0.2) is 34.6 Å². The second-order valence-corrected chi connectivity index (χ2v) is 23.6. The molecular formula is C49H83Cl4N13O15S3. The molecule has 0 unspecified atom stereocenters. The number of aromatic nitrogens is 9. The Labute approximate surface area is 520 Å². The minimum absolute atomic E-state index is 0.0694. The number of rotatable bonds is 27. The molecule has 28 nitrogen and oxygen atoms in total. The molecule has 0 aliphatic heterocycles. The number of hydrogen-bond donors (Lipinski definition) is 15. The molecule has 35 heteroatoms. The van der Waals surface area contributed by atoms with Gasteiger partial charge in [0, 0.05) is 49.4 Å². The van der Waals surface area contributed by atoms with E-state index in [9.17, 15) is 30.6 Å². The topological polar surface area (TPSA) is 460 Å². The van der Waals surface area contributed by atoms with E-state index in [1.54, 1.807) is 4.90 Å². The van der Waals surface area contributed by atoms with E-state index in [4.69, 9.17) is 108 Å². The highest BCUT2D eigenvalue weighted by atomic mass is 35.5. The highest BCUT2D eigenvalue weighted by Crippen LogP contribution is 2.37. The van der Waals surface area contributed by atoms with Gasteiger partial charge in [-0.2, -0.15) is 0 Å². The Morgan fingerprint density at radius 3 is 1.39 bits per heavy atom. The van der Waals surface area contributed by atoms with Gasteiger partial charge in [0.25, 0.3) is 0 Å². The number of aliphatic hydroxyl groups excluding tert-OH is 12. The van der Waals surface area contributed by atoms with Crippen LogP contribution in [0.4, 0.5) is 11.4 Å². The Morgan fingerprint density at radius 2 is 0.940 bits per heavy atom. The van der Waals surface area contributed by atoms with E-state index >= 15 is 0 Å². The maximum absolute atomic E-state index is 10.4. The quantitative estimate of drug-likeness (QED) is 0.0216. The van der Waals surface area contributed by atoms with Gasteiger partial charge in [0.1, 0.15) is 30.1 Å². The second-order valence-electron chi connectivity index (χ2n) is 19.0. The van der Waals surface area contributed by atoms with Crippen LogP contribution in [0.25, 0.3) is 11.2 Å². The number of aliphatic hydroxyl groups is 12. The molecule has 0 aromatic carbocycles. The van der Waals surface area contributed by atoms with Gasteiger partial charge >= 0.3 is 0 Å². The van der Waals surface area contributed by atoms with E-state index in [0.717, 1.165) is 36.5 Å². The van der Waals surface area contributed by atoms with E-state index in [1.165, 1.54) is 40.0 Å². The number of thioether (sulfide) groups is 3. The van der Waals surface area contributed by atoms with Crippen molar-refractivity contribution < 1.29 is 75.5 Å². The Bertz CT molecular complexity index is 2450. The molecule has 480 valence electrons. The first-order valence-electron chi connectivity index (χ1n) is 27.2. The van der Waals surface area contributed by atoms with E-state index < -0.39 is 67.0 Å². The molecule has 0 spiro atoms. The number of nitrogen functional groups attached to an aromatic ring is 2. The fourth-order valence-electron chi connectivity index (χ4n) is 8.42. The summed E-state index contributed by atoms with van der Waals surface area (Å²) >= 11 is 28.2. The number of nitrogens with two attached hydrogens (primary N) is 3. The van der Waals surface area contributed by atoms with Gasteiger partial charge in [-0.1, -0.05) is 108 Å². The molecule has 4 aromatic rings. The molecule has 4 heterocycles. The lowest BCUT2D eigenvalue weighted by atomic mass is 9.98. The standard InChI is InChI=1S/C15H24ClN3O4S.C14H20ClN5O4S.C7H9Cl2N3S.C7H15NO4.C6H15NO3/c1-2-5-24-15-18-9(11(17)14(16)19-15)6-8-7-10(23-4-3-20)13(22)12(8)21;1-2-5-25-14-16-12(15)9-13(17-14)20(19-18-9)7-6-8(24-4-3-21)11(23)10(7)22;1-2-3-13-7-11-5(8)4(10)6(9)12-7;8-4-3-5(12-2-1-9)7(11)6(4)10;8-4-1-7(2-5-9)3-6-10/h8,10,12-13,20-22H,2-7,17H2,1H3;7-8,10-11,21-23H,2-6H2,1H3;2-3,10H2,1H3;4-7,9-11H,1-3,8H2;8-10H,1-6H2/t8-,10+,12+,13-;7-,8+,10+,11-;;4-,5+,6+,7-;/m11.1./s1. The molecule has 0 saturated heterocycles. The Hall–Kier alpha value is -2.23. The lowest BCUT2D eigenvalue weighted by Crippen LogP contribution is -2.36. The van der Waals surface area contributed by atoms with Crippen molar-refractivity contribution in [2.45, 2.75) is 148 Å². The van der Waals surface area contributed by atoms with E-state index in [0.29, 0.717) is 83.3 Å². The van der Waals surface area contributed by atoms with E-state index in [2.05, 4.69) is 61.0 Å². The summed E-state index contributed by atoms with van der Waals surface area (Å²) in [5.41, 5.74) is 18.8. The molecule has 18 N–H and O–H groups in total. The lowest BCUT2D eigenvalue weighted by Gasteiger charge is -2.17. The minimum atomic E-state index is -1.09. The number of nitrogens with zero attached hydrogens (tertiary/aromatic N) is 10. The summed E-state index contributed by atoms with van der Waals surface area (Å²) in [5.74, 6) is 2.42. The number of anilines is 2. The second kappa shape index (κ2) is 41.1. The fourth-order valence-corrected chi connectivity index (χ4v) is 11.5. The van der Waals surface area contributed by atoms with Crippen LogP contribution in [0.15, 0.2) is 15.5 Å². The molecule has 3 saturated carbocycles. The zero-order chi connectivity index (χ0) is 62.5. The molecule has 84 heavy (non-hydrogen) atoms. The van der Waals surface area contributed by atoms with E-state index in [1.807, 2.05) is 0 Å². The summed E-state index contributed by atoms with van der Waals surface area (Å²) in [6.45, 7) is 7.96. The highest BCUT2D eigenvalue weighted by molar-refractivity contribution is 7.99. The van der Waals surface area contributed by atoms with Crippen molar-refractivity contribution in [2.75, 3.05) is 108 Å². The van der Waals surface area contributed by atoms with Gasteiger partial charge in [-0.3, -0.25) is 4.90 Å². The van der Waals surface area contributed by atoms with Gasteiger partial charge < -0.3 is 92.7 Å². The molecule has 4 aromatic heterocycles. The monoisotopic (exact) mass is 1330 g/mol. The lowest BCUT2D eigenvalue weighted by molar-refractivity contribution is -0.0631. The maximum atomic E-state index is 10.4. The fraction of sp³-hybridized carbons (Fsp3) is 0.755. The summed E-state index contributed by atoms with van der Waals surface area (Å²) in [5, 5.41) is 122. The Balaban J connectivity index is 0.000000289. The van der Waals surface area contributed by atoms with Crippen molar-refractivity contribution in [1.82, 2.24) is 49.8 Å².